The topological polar surface area (TPSA) is 46.9 Å². The predicted octanol–water partition coefficient (Wildman–Crippen LogP) is 3.13. The standard InChI is InChI=1S/C16H18FN3O/c1-4-20-16-13(8-18-20)12(7-14(21)19-16)11-6-5-9(2)15(17)10(11)3/h5-6,8,12H,4,7H2,1-3H3,(H,19,21). The number of hydrogen-bond donors (Lipinski definition) is 1. The third kappa shape index (κ3) is 2.13. The summed E-state index contributed by atoms with van der Waals surface area (Å²) in [6, 6.07) is 3.69. The van der Waals surface area contributed by atoms with Gasteiger partial charge < -0.3 is 5.32 Å². The number of carbonyl (C=O) groups is 1. The molecule has 1 N–H and O–H groups in total. The number of carbonyl (C=O) groups excluding carboxylic acids is 1. The minimum absolute atomic E-state index is 0.0527. The molecule has 0 saturated heterocycles. The summed E-state index contributed by atoms with van der Waals surface area (Å²) in [4.78, 5) is 12.0. The van der Waals surface area contributed by atoms with Gasteiger partial charge in [0.05, 0.1) is 6.20 Å². The fourth-order valence-corrected chi connectivity index (χ4v) is 3.00. The van der Waals surface area contributed by atoms with E-state index < -0.39 is 0 Å². The first-order valence-corrected chi connectivity index (χ1v) is 7.14. The monoisotopic (exact) mass is 287 g/mol. The van der Waals surface area contributed by atoms with Gasteiger partial charge in [-0.3, -0.25) is 4.79 Å². The van der Waals surface area contributed by atoms with Crippen molar-refractivity contribution in [2.45, 2.75) is 39.7 Å². The zero-order valence-corrected chi connectivity index (χ0v) is 12.4. The molecule has 1 aliphatic heterocycles. The van der Waals surface area contributed by atoms with Crippen LogP contribution < -0.4 is 5.32 Å². The molecule has 0 fully saturated rings. The van der Waals surface area contributed by atoms with Crippen LogP contribution in [0.2, 0.25) is 0 Å². The Morgan fingerprint density at radius 1 is 1.38 bits per heavy atom. The van der Waals surface area contributed by atoms with Crippen LogP contribution in [0.25, 0.3) is 0 Å². The van der Waals surface area contributed by atoms with Crippen LogP contribution in [0.15, 0.2) is 18.3 Å². The Labute approximate surface area is 123 Å². The molecule has 1 aromatic carbocycles. The highest BCUT2D eigenvalue weighted by atomic mass is 19.1. The highest BCUT2D eigenvalue weighted by molar-refractivity contribution is 5.94. The molecular formula is C16H18FN3O. The maximum absolute atomic E-state index is 14.2. The second kappa shape index (κ2) is 4.98. The van der Waals surface area contributed by atoms with Gasteiger partial charge in [-0.25, -0.2) is 9.07 Å². The van der Waals surface area contributed by atoms with E-state index in [1.807, 2.05) is 13.0 Å². The van der Waals surface area contributed by atoms with Gasteiger partial charge >= 0.3 is 0 Å². The molecule has 110 valence electrons. The summed E-state index contributed by atoms with van der Waals surface area (Å²) in [5, 5.41) is 7.18. The summed E-state index contributed by atoms with van der Waals surface area (Å²) in [5.74, 6) is 0.356. The van der Waals surface area contributed by atoms with Gasteiger partial charge in [-0.1, -0.05) is 12.1 Å². The van der Waals surface area contributed by atoms with E-state index in [0.717, 1.165) is 16.9 Å². The highest BCUT2D eigenvalue weighted by Gasteiger charge is 2.31. The summed E-state index contributed by atoms with van der Waals surface area (Å²) in [5.41, 5.74) is 3.07. The lowest BCUT2D eigenvalue weighted by molar-refractivity contribution is -0.116. The molecule has 0 spiro atoms. The van der Waals surface area contributed by atoms with E-state index in [-0.39, 0.29) is 17.6 Å². The van der Waals surface area contributed by atoms with Gasteiger partial charge in [-0.15, -0.1) is 0 Å². The molecule has 0 radical (unpaired) electrons. The summed E-state index contributed by atoms with van der Waals surface area (Å²) >= 11 is 0. The number of halogens is 1. The van der Waals surface area contributed by atoms with Crippen molar-refractivity contribution in [2.75, 3.05) is 5.32 Å². The van der Waals surface area contributed by atoms with Crippen molar-refractivity contribution < 1.29 is 9.18 Å². The van der Waals surface area contributed by atoms with Crippen molar-refractivity contribution in [1.29, 1.82) is 0 Å². The average molecular weight is 287 g/mol. The summed E-state index contributed by atoms with van der Waals surface area (Å²) in [7, 11) is 0. The number of aryl methyl sites for hydroxylation is 2. The van der Waals surface area contributed by atoms with Gasteiger partial charge in [-0.05, 0) is 37.5 Å². The van der Waals surface area contributed by atoms with E-state index in [1.165, 1.54) is 0 Å². The second-order valence-electron chi connectivity index (χ2n) is 5.48. The van der Waals surface area contributed by atoms with E-state index in [4.69, 9.17) is 0 Å². The predicted molar refractivity (Wildman–Crippen MR) is 78.9 cm³/mol. The number of benzene rings is 1. The quantitative estimate of drug-likeness (QED) is 0.922. The van der Waals surface area contributed by atoms with E-state index in [1.54, 1.807) is 30.8 Å². The number of nitrogens with zero attached hydrogens (tertiary/aromatic N) is 2. The van der Waals surface area contributed by atoms with Crippen molar-refractivity contribution in [3.8, 4) is 0 Å². The lowest BCUT2D eigenvalue weighted by Crippen LogP contribution is -2.25. The lowest BCUT2D eigenvalue weighted by atomic mass is 9.84. The molecule has 3 rings (SSSR count). The molecule has 0 aliphatic carbocycles. The normalized spacial score (nSPS) is 17.5. The highest BCUT2D eigenvalue weighted by Crippen LogP contribution is 2.39. The Bertz CT molecular complexity index is 721. The van der Waals surface area contributed by atoms with Gasteiger partial charge in [0.1, 0.15) is 11.6 Å². The van der Waals surface area contributed by atoms with Gasteiger partial charge in [0.25, 0.3) is 0 Å². The average Bonchev–Trinajstić information content (AvgIpc) is 2.87. The lowest BCUT2D eigenvalue weighted by Gasteiger charge is -2.25. The molecule has 4 nitrogen and oxygen atoms in total. The summed E-state index contributed by atoms with van der Waals surface area (Å²) < 4.78 is 15.9. The Balaban J connectivity index is 2.14. The first kappa shape index (κ1) is 13.8. The molecule has 2 heterocycles. The minimum atomic E-state index is -0.192. The molecule has 0 bridgehead atoms. The first-order chi connectivity index (χ1) is 10.0. The van der Waals surface area contributed by atoms with Gasteiger partial charge in [0.15, 0.2) is 0 Å². The fourth-order valence-electron chi connectivity index (χ4n) is 3.00. The third-order valence-corrected chi connectivity index (χ3v) is 4.19. The smallest absolute Gasteiger partial charge is 0.226 e. The number of fused-ring (bicyclic) bond motifs is 1. The molecule has 1 aliphatic rings. The van der Waals surface area contributed by atoms with Gasteiger partial charge in [0, 0.05) is 24.4 Å². The maximum Gasteiger partial charge on any atom is 0.226 e. The Morgan fingerprint density at radius 2 is 2.14 bits per heavy atom. The molecular weight excluding hydrogens is 269 g/mol. The van der Waals surface area contributed by atoms with E-state index >= 15 is 0 Å². The first-order valence-electron chi connectivity index (χ1n) is 7.14. The molecule has 0 saturated carbocycles. The molecule has 1 unspecified atom stereocenters. The minimum Gasteiger partial charge on any atom is -0.311 e. The van der Waals surface area contributed by atoms with Crippen LogP contribution in [0, 0.1) is 19.7 Å². The van der Waals surface area contributed by atoms with Gasteiger partial charge in [-0.2, -0.15) is 5.10 Å². The Kier molecular flexibility index (Phi) is 3.27. The fraction of sp³-hybridized carbons (Fsp3) is 0.375. The number of anilines is 1. The van der Waals surface area contributed by atoms with Crippen molar-refractivity contribution in [3.05, 3.63) is 46.4 Å². The van der Waals surface area contributed by atoms with Crippen LogP contribution in [0.4, 0.5) is 10.2 Å². The van der Waals surface area contributed by atoms with Crippen LogP contribution >= 0.6 is 0 Å². The molecule has 5 heteroatoms. The van der Waals surface area contributed by atoms with Crippen molar-refractivity contribution >= 4 is 11.7 Å². The summed E-state index contributed by atoms with van der Waals surface area (Å²) in [6.45, 7) is 6.18. The molecule has 1 amide bonds. The Hall–Kier alpha value is -2.17. The zero-order valence-electron chi connectivity index (χ0n) is 12.4. The number of hydrogen-bond acceptors (Lipinski definition) is 2. The number of nitrogens with one attached hydrogen (secondary N) is 1. The maximum atomic E-state index is 14.2. The van der Waals surface area contributed by atoms with Crippen molar-refractivity contribution in [1.82, 2.24) is 9.78 Å². The third-order valence-electron chi connectivity index (χ3n) is 4.19. The number of rotatable bonds is 2. The van der Waals surface area contributed by atoms with Crippen LogP contribution in [-0.2, 0) is 11.3 Å². The number of aromatic nitrogens is 2. The van der Waals surface area contributed by atoms with E-state index in [0.29, 0.717) is 24.1 Å². The van der Waals surface area contributed by atoms with Crippen molar-refractivity contribution in [3.63, 3.8) is 0 Å². The largest absolute Gasteiger partial charge is 0.311 e. The summed E-state index contributed by atoms with van der Waals surface area (Å²) in [6.07, 6.45) is 2.10. The van der Waals surface area contributed by atoms with Gasteiger partial charge in [0.2, 0.25) is 5.91 Å². The zero-order chi connectivity index (χ0) is 15.1. The van der Waals surface area contributed by atoms with E-state index in [2.05, 4.69) is 10.4 Å². The second-order valence-corrected chi connectivity index (χ2v) is 5.48. The van der Waals surface area contributed by atoms with Crippen LogP contribution in [-0.4, -0.2) is 15.7 Å². The van der Waals surface area contributed by atoms with Crippen molar-refractivity contribution in [2.24, 2.45) is 0 Å². The Morgan fingerprint density at radius 3 is 2.86 bits per heavy atom. The van der Waals surface area contributed by atoms with Crippen LogP contribution in [0.5, 0.6) is 0 Å². The number of amides is 1. The molecule has 1 atom stereocenters. The SMILES string of the molecule is CCn1ncc2c1NC(=O)CC2c1ccc(C)c(F)c1C. The van der Waals surface area contributed by atoms with Crippen LogP contribution in [0.3, 0.4) is 0 Å². The molecule has 21 heavy (non-hydrogen) atoms. The van der Waals surface area contributed by atoms with Crippen LogP contribution in [0.1, 0.15) is 41.5 Å². The molecule has 2 aromatic rings. The van der Waals surface area contributed by atoms with E-state index in [9.17, 15) is 9.18 Å². The molecule has 1 aromatic heterocycles.